The van der Waals surface area contributed by atoms with Gasteiger partial charge in [0.2, 0.25) is 0 Å². The zero-order chi connectivity index (χ0) is 18.2. The fourth-order valence-corrected chi connectivity index (χ4v) is 3.05. The van der Waals surface area contributed by atoms with E-state index in [1.165, 1.54) is 0 Å². The molecule has 0 atom stereocenters. The third-order valence-corrected chi connectivity index (χ3v) is 4.44. The molecule has 0 aliphatic heterocycles. The zero-order valence-electron chi connectivity index (χ0n) is 14.7. The summed E-state index contributed by atoms with van der Waals surface area (Å²) >= 11 is 0. The molecule has 4 aromatic heterocycles. The van der Waals surface area contributed by atoms with Crippen molar-refractivity contribution < 1.29 is 0 Å². The van der Waals surface area contributed by atoms with Crippen LogP contribution in [0.3, 0.4) is 0 Å². The van der Waals surface area contributed by atoms with Crippen molar-refractivity contribution in [1.29, 1.82) is 0 Å². The third kappa shape index (κ3) is 2.80. The lowest BCUT2D eigenvalue weighted by molar-refractivity contribution is 0.659. The average molecular weight is 356 g/mol. The molecule has 0 radical (unpaired) electrons. The Morgan fingerprint density at radius 2 is 1.93 bits per heavy atom. The standard InChI is InChI=1S/C19H16N8/c1-2-26-12-13(9-22-26)7-18-21-11-17-19(23-18)27(25-24-17)15-8-14-5-3-4-6-16(14)20-10-15/h3-6,8-12H,2,7H2,1H3. The van der Waals surface area contributed by atoms with Crippen LogP contribution < -0.4 is 0 Å². The lowest BCUT2D eigenvalue weighted by atomic mass is 10.2. The Balaban J connectivity index is 1.56. The van der Waals surface area contributed by atoms with Crippen molar-refractivity contribution in [3.63, 3.8) is 0 Å². The van der Waals surface area contributed by atoms with E-state index in [9.17, 15) is 0 Å². The highest BCUT2D eigenvalue weighted by Crippen LogP contribution is 2.18. The van der Waals surface area contributed by atoms with E-state index < -0.39 is 0 Å². The fraction of sp³-hybridized carbons (Fsp3) is 0.158. The predicted octanol–water partition coefficient (Wildman–Crippen LogP) is 2.57. The quantitative estimate of drug-likeness (QED) is 0.492. The summed E-state index contributed by atoms with van der Waals surface area (Å²) in [5, 5.41) is 13.8. The van der Waals surface area contributed by atoms with Gasteiger partial charge in [-0.05, 0) is 24.6 Å². The third-order valence-electron chi connectivity index (χ3n) is 4.44. The minimum absolute atomic E-state index is 0.608. The van der Waals surface area contributed by atoms with Crippen molar-refractivity contribution in [2.45, 2.75) is 19.9 Å². The summed E-state index contributed by atoms with van der Waals surface area (Å²) < 4.78 is 3.59. The second-order valence-corrected chi connectivity index (χ2v) is 6.26. The lowest BCUT2D eigenvalue weighted by Crippen LogP contribution is -2.02. The van der Waals surface area contributed by atoms with E-state index >= 15 is 0 Å². The number of benzene rings is 1. The molecule has 0 bridgehead atoms. The van der Waals surface area contributed by atoms with Gasteiger partial charge in [-0.15, -0.1) is 5.10 Å². The van der Waals surface area contributed by atoms with Gasteiger partial charge < -0.3 is 0 Å². The first-order valence-corrected chi connectivity index (χ1v) is 8.74. The number of fused-ring (bicyclic) bond motifs is 2. The van der Waals surface area contributed by atoms with Crippen LogP contribution in [-0.4, -0.2) is 39.7 Å². The molecule has 8 heteroatoms. The molecule has 0 saturated carbocycles. The molecule has 0 saturated heterocycles. The molecule has 4 heterocycles. The van der Waals surface area contributed by atoms with E-state index in [0.29, 0.717) is 23.4 Å². The second-order valence-electron chi connectivity index (χ2n) is 6.26. The summed E-state index contributed by atoms with van der Waals surface area (Å²) in [5.74, 6) is 0.704. The number of para-hydroxylation sites is 1. The first-order chi connectivity index (χ1) is 13.3. The number of nitrogens with zero attached hydrogens (tertiary/aromatic N) is 8. The number of rotatable bonds is 4. The highest BCUT2D eigenvalue weighted by atomic mass is 15.4. The molecule has 5 aromatic rings. The van der Waals surface area contributed by atoms with Gasteiger partial charge in [0.25, 0.3) is 0 Å². The molecule has 0 aliphatic rings. The number of hydrogen-bond donors (Lipinski definition) is 0. The maximum atomic E-state index is 4.68. The van der Waals surface area contributed by atoms with Gasteiger partial charge in [-0.25, -0.2) is 9.97 Å². The van der Waals surface area contributed by atoms with Crippen LogP contribution in [0.1, 0.15) is 18.3 Å². The van der Waals surface area contributed by atoms with E-state index in [-0.39, 0.29) is 0 Å². The van der Waals surface area contributed by atoms with Gasteiger partial charge in [-0.3, -0.25) is 9.67 Å². The van der Waals surface area contributed by atoms with Crippen molar-refractivity contribution >= 4 is 22.1 Å². The van der Waals surface area contributed by atoms with E-state index in [4.69, 9.17) is 0 Å². The van der Waals surface area contributed by atoms with Crippen LogP contribution >= 0.6 is 0 Å². The molecule has 0 spiro atoms. The van der Waals surface area contributed by atoms with Gasteiger partial charge >= 0.3 is 0 Å². The van der Waals surface area contributed by atoms with Gasteiger partial charge in [0.15, 0.2) is 11.2 Å². The summed E-state index contributed by atoms with van der Waals surface area (Å²) in [4.78, 5) is 13.6. The lowest BCUT2D eigenvalue weighted by Gasteiger charge is -2.04. The Labute approximate surface area is 154 Å². The van der Waals surface area contributed by atoms with Crippen molar-refractivity contribution in [2.75, 3.05) is 0 Å². The van der Waals surface area contributed by atoms with Gasteiger partial charge in [-0.2, -0.15) is 9.78 Å². The van der Waals surface area contributed by atoms with Crippen LogP contribution in [0.5, 0.6) is 0 Å². The van der Waals surface area contributed by atoms with Crippen molar-refractivity contribution in [2.24, 2.45) is 0 Å². The Kier molecular flexibility index (Phi) is 3.60. The monoisotopic (exact) mass is 356 g/mol. The van der Waals surface area contributed by atoms with Gasteiger partial charge in [0, 0.05) is 24.5 Å². The van der Waals surface area contributed by atoms with Crippen molar-refractivity contribution in [3.8, 4) is 5.69 Å². The summed E-state index contributed by atoms with van der Waals surface area (Å²) in [6.45, 7) is 2.90. The molecule has 5 rings (SSSR count). The summed E-state index contributed by atoms with van der Waals surface area (Å²) in [5.41, 5.74) is 4.15. The van der Waals surface area contributed by atoms with Crippen molar-refractivity contribution in [1.82, 2.24) is 39.7 Å². The predicted molar refractivity (Wildman–Crippen MR) is 100 cm³/mol. The molecule has 1 aromatic carbocycles. The highest BCUT2D eigenvalue weighted by molar-refractivity contribution is 5.81. The number of aromatic nitrogens is 8. The van der Waals surface area contributed by atoms with Gasteiger partial charge in [0.05, 0.1) is 29.8 Å². The molecule has 0 unspecified atom stereocenters. The van der Waals surface area contributed by atoms with Crippen molar-refractivity contribution in [3.05, 3.63) is 66.5 Å². The highest BCUT2D eigenvalue weighted by Gasteiger charge is 2.12. The summed E-state index contributed by atoms with van der Waals surface area (Å²) in [6.07, 6.45) is 7.96. The average Bonchev–Trinajstić information content (AvgIpc) is 3.34. The summed E-state index contributed by atoms with van der Waals surface area (Å²) in [6, 6.07) is 10.00. The van der Waals surface area contributed by atoms with Crippen LogP contribution in [0.25, 0.3) is 27.8 Å². The van der Waals surface area contributed by atoms with Crippen LogP contribution in [0.15, 0.2) is 55.1 Å². The molecule has 27 heavy (non-hydrogen) atoms. The molecule has 0 amide bonds. The van der Waals surface area contributed by atoms with E-state index in [1.807, 2.05) is 47.4 Å². The van der Waals surface area contributed by atoms with Crippen LogP contribution in [-0.2, 0) is 13.0 Å². The normalized spacial score (nSPS) is 11.4. The Morgan fingerprint density at radius 3 is 2.81 bits per heavy atom. The Hall–Kier alpha value is -3.68. The molecular weight excluding hydrogens is 340 g/mol. The van der Waals surface area contributed by atoms with Crippen LogP contribution in [0.4, 0.5) is 0 Å². The number of aryl methyl sites for hydroxylation is 1. The minimum atomic E-state index is 0.608. The topological polar surface area (TPSA) is 87.2 Å². The minimum Gasteiger partial charge on any atom is -0.273 e. The van der Waals surface area contributed by atoms with E-state index in [2.05, 4.69) is 37.3 Å². The molecule has 132 valence electrons. The maximum Gasteiger partial charge on any atom is 0.187 e. The number of pyridine rings is 1. The largest absolute Gasteiger partial charge is 0.273 e. The molecule has 0 N–H and O–H groups in total. The van der Waals surface area contributed by atoms with E-state index in [0.717, 1.165) is 28.7 Å². The zero-order valence-corrected chi connectivity index (χ0v) is 14.7. The molecule has 0 aliphatic carbocycles. The van der Waals surface area contributed by atoms with Crippen LogP contribution in [0.2, 0.25) is 0 Å². The van der Waals surface area contributed by atoms with Gasteiger partial charge in [-0.1, -0.05) is 23.4 Å². The van der Waals surface area contributed by atoms with Gasteiger partial charge in [0.1, 0.15) is 5.82 Å². The second kappa shape index (κ2) is 6.24. The number of hydrogen-bond acceptors (Lipinski definition) is 6. The first-order valence-electron chi connectivity index (χ1n) is 8.74. The maximum absolute atomic E-state index is 4.68. The SMILES string of the molecule is CCn1cc(Cc2ncc3nnn(-c4cnc5ccccc5c4)c3n2)cn1. The van der Waals surface area contributed by atoms with E-state index in [1.54, 1.807) is 17.1 Å². The smallest absolute Gasteiger partial charge is 0.187 e. The Bertz CT molecular complexity index is 1250. The first kappa shape index (κ1) is 15.6. The summed E-state index contributed by atoms with van der Waals surface area (Å²) in [7, 11) is 0. The molecule has 0 fully saturated rings. The fourth-order valence-electron chi connectivity index (χ4n) is 3.05. The molecule has 8 nitrogen and oxygen atoms in total. The molecular formula is C19H16N8. The van der Waals surface area contributed by atoms with Crippen LogP contribution in [0, 0.1) is 0 Å². The Morgan fingerprint density at radius 1 is 1.00 bits per heavy atom.